The minimum Gasteiger partial charge on any atom is -0.444 e. The van der Waals surface area contributed by atoms with E-state index in [4.69, 9.17) is 4.74 Å². The molecule has 0 spiro atoms. The lowest BCUT2D eigenvalue weighted by Crippen LogP contribution is -2.47. The molecule has 0 saturated carbocycles. The molecule has 1 heterocycles. The number of piperidine rings is 1. The van der Waals surface area contributed by atoms with Crippen molar-refractivity contribution in [2.45, 2.75) is 44.8 Å². The van der Waals surface area contributed by atoms with Crippen LogP contribution in [0.1, 0.15) is 38.7 Å². The summed E-state index contributed by atoms with van der Waals surface area (Å²) in [7, 11) is 0. The first-order valence-electron chi connectivity index (χ1n) is 7.28. The maximum atomic E-state index is 14.0. The number of carbonyl (C=O) groups excluding carboxylic acids is 1. The van der Waals surface area contributed by atoms with Crippen LogP contribution in [0.25, 0.3) is 0 Å². The lowest BCUT2D eigenvalue weighted by atomic mass is 9.87. The van der Waals surface area contributed by atoms with Crippen molar-refractivity contribution in [2.24, 2.45) is 0 Å². The summed E-state index contributed by atoms with van der Waals surface area (Å²) in [4.78, 5) is 13.5. The first-order valence-corrected chi connectivity index (χ1v) is 8.07. The number of amides is 1. The topological polar surface area (TPSA) is 49.8 Å². The standard InChI is InChI=1S/C16H21BrFNO3/c1-16(2,3)22-15(21)19-7-6-12(14(20)9-19)11-5-4-10(17)8-13(11)18/h4-5,8,12,14,20H,6-7,9H2,1-3H3. The van der Waals surface area contributed by atoms with E-state index >= 15 is 0 Å². The van der Waals surface area contributed by atoms with Crippen LogP contribution in [0.4, 0.5) is 9.18 Å². The van der Waals surface area contributed by atoms with Crippen molar-refractivity contribution in [1.29, 1.82) is 0 Å². The normalized spacial score (nSPS) is 22.5. The van der Waals surface area contributed by atoms with E-state index in [1.165, 1.54) is 11.0 Å². The van der Waals surface area contributed by atoms with Crippen LogP contribution in [-0.2, 0) is 4.74 Å². The maximum absolute atomic E-state index is 14.0. The van der Waals surface area contributed by atoms with Crippen LogP contribution in [0.2, 0.25) is 0 Å². The van der Waals surface area contributed by atoms with Gasteiger partial charge in [0.1, 0.15) is 11.4 Å². The highest BCUT2D eigenvalue weighted by molar-refractivity contribution is 9.10. The second-order valence-electron chi connectivity index (χ2n) is 6.55. The number of halogens is 2. The first-order chi connectivity index (χ1) is 10.2. The van der Waals surface area contributed by atoms with Gasteiger partial charge in [0.2, 0.25) is 0 Å². The van der Waals surface area contributed by atoms with Crippen molar-refractivity contribution in [3.8, 4) is 0 Å². The zero-order valence-electron chi connectivity index (χ0n) is 13.0. The summed E-state index contributed by atoms with van der Waals surface area (Å²) in [6.45, 7) is 5.98. The maximum Gasteiger partial charge on any atom is 0.410 e. The molecule has 1 aliphatic heterocycles. The van der Waals surface area contributed by atoms with Gasteiger partial charge in [-0.3, -0.25) is 0 Å². The molecule has 2 atom stereocenters. The van der Waals surface area contributed by atoms with Crippen molar-refractivity contribution in [2.75, 3.05) is 13.1 Å². The zero-order valence-corrected chi connectivity index (χ0v) is 14.6. The molecule has 2 rings (SSSR count). The Morgan fingerprint density at radius 3 is 2.68 bits per heavy atom. The van der Waals surface area contributed by atoms with Gasteiger partial charge in [-0.2, -0.15) is 0 Å². The molecule has 1 amide bonds. The highest BCUT2D eigenvalue weighted by Gasteiger charge is 2.34. The molecule has 1 saturated heterocycles. The molecule has 1 aromatic carbocycles. The van der Waals surface area contributed by atoms with E-state index < -0.39 is 17.8 Å². The Morgan fingerprint density at radius 1 is 1.45 bits per heavy atom. The van der Waals surface area contributed by atoms with E-state index in [1.807, 2.05) is 0 Å². The lowest BCUT2D eigenvalue weighted by Gasteiger charge is -2.37. The summed E-state index contributed by atoms with van der Waals surface area (Å²) in [6.07, 6.45) is -0.753. The molecular weight excluding hydrogens is 353 g/mol. The minimum absolute atomic E-state index is 0.148. The SMILES string of the molecule is CC(C)(C)OC(=O)N1CCC(c2ccc(Br)cc2F)C(O)C1. The number of nitrogens with zero attached hydrogens (tertiary/aromatic N) is 1. The van der Waals surface area contributed by atoms with Gasteiger partial charge in [-0.05, 0) is 44.9 Å². The number of rotatable bonds is 1. The van der Waals surface area contributed by atoms with E-state index in [1.54, 1.807) is 32.9 Å². The number of aliphatic hydroxyl groups excluding tert-OH is 1. The third kappa shape index (κ3) is 4.20. The van der Waals surface area contributed by atoms with E-state index in [-0.39, 0.29) is 18.3 Å². The third-order valence-corrected chi connectivity index (χ3v) is 4.09. The first kappa shape index (κ1) is 17.2. The van der Waals surface area contributed by atoms with Gasteiger partial charge in [0.25, 0.3) is 0 Å². The number of carbonyl (C=O) groups is 1. The average Bonchev–Trinajstić information content (AvgIpc) is 2.37. The molecular formula is C16H21BrFNO3. The highest BCUT2D eigenvalue weighted by atomic mass is 79.9. The molecule has 122 valence electrons. The quantitative estimate of drug-likeness (QED) is 0.816. The van der Waals surface area contributed by atoms with Gasteiger partial charge in [-0.25, -0.2) is 9.18 Å². The van der Waals surface area contributed by atoms with Gasteiger partial charge in [-0.1, -0.05) is 22.0 Å². The molecule has 4 nitrogen and oxygen atoms in total. The Bertz CT molecular complexity index is 559. The molecule has 1 N–H and O–H groups in total. The molecule has 0 radical (unpaired) electrons. The molecule has 1 aromatic rings. The smallest absolute Gasteiger partial charge is 0.410 e. The number of likely N-dealkylation sites (tertiary alicyclic amines) is 1. The van der Waals surface area contributed by atoms with Crippen molar-refractivity contribution in [3.05, 3.63) is 34.1 Å². The molecule has 0 bridgehead atoms. The Labute approximate surface area is 138 Å². The van der Waals surface area contributed by atoms with Gasteiger partial charge in [-0.15, -0.1) is 0 Å². The van der Waals surface area contributed by atoms with E-state index in [0.717, 1.165) is 0 Å². The van der Waals surface area contributed by atoms with Crippen LogP contribution in [0.3, 0.4) is 0 Å². The monoisotopic (exact) mass is 373 g/mol. The molecule has 6 heteroatoms. The molecule has 22 heavy (non-hydrogen) atoms. The Hall–Kier alpha value is -1.14. The minimum atomic E-state index is -0.808. The fourth-order valence-corrected chi connectivity index (χ4v) is 2.92. The van der Waals surface area contributed by atoms with Crippen LogP contribution in [0.5, 0.6) is 0 Å². The van der Waals surface area contributed by atoms with Gasteiger partial charge in [0, 0.05) is 16.9 Å². The van der Waals surface area contributed by atoms with Crippen LogP contribution >= 0.6 is 15.9 Å². The predicted molar refractivity (Wildman–Crippen MR) is 85.3 cm³/mol. The fraction of sp³-hybridized carbons (Fsp3) is 0.562. The van der Waals surface area contributed by atoms with Gasteiger partial charge < -0.3 is 14.7 Å². The number of β-amino-alcohol motifs (C(OH)–C–C–N with tert-alkyl or cyclic N) is 1. The van der Waals surface area contributed by atoms with Crippen LogP contribution in [0, 0.1) is 5.82 Å². The number of hydrogen-bond acceptors (Lipinski definition) is 3. The predicted octanol–water partition coefficient (Wildman–Crippen LogP) is 3.67. The Balaban J connectivity index is 2.05. The number of hydrogen-bond donors (Lipinski definition) is 1. The third-order valence-electron chi connectivity index (χ3n) is 3.60. The van der Waals surface area contributed by atoms with E-state index in [0.29, 0.717) is 23.0 Å². The van der Waals surface area contributed by atoms with Crippen LogP contribution in [0.15, 0.2) is 22.7 Å². The Kier molecular flexibility index (Phi) is 5.12. The number of benzene rings is 1. The Morgan fingerprint density at radius 2 is 2.14 bits per heavy atom. The zero-order chi connectivity index (χ0) is 16.5. The molecule has 0 aromatic heterocycles. The number of ether oxygens (including phenoxy) is 1. The summed E-state index contributed by atoms with van der Waals surface area (Å²) < 4.78 is 20.0. The van der Waals surface area contributed by atoms with Crippen molar-refractivity contribution < 1.29 is 19.0 Å². The van der Waals surface area contributed by atoms with Gasteiger partial charge >= 0.3 is 6.09 Å². The summed E-state index contributed by atoms with van der Waals surface area (Å²) in [5.74, 6) is -0.657. The second kappa shape index (κ2) is 6.54. The summed E-state index contributed by atoms with van der Waals surface area (Å²) in [5.41, 5.74) is -0.0870. The van der Waals surface area contributed by atoms with Crippen LogP contribution in [-0.4, -0.2) is 40.9 Å². The molecule has 2 unspecified atom stereocenters. The van der Waals surface area contributed by atoms with Gasteiger partial charge in [0.15, 0.2) is 0 Å². The second-order valence-corrected chi connectivity index (χ2v) is 7.47. The molecule has 1 fully saturated rings. The summed E-state index contributed by atoms with van der Waals surface area (Å²) in [5, 5.41) is 10.3. The molecule has 0 aliphatic carbocycles. The lowest BCUT2D eigenvalue weighted by molar-refractivity contribution is -0.00180. The molecule has 1 aliphatic rings. The van der Waals surface area contributed by atoms with Crippen molar-refractivity contribution in [3.63, 3.8) is 0 Å². The average molecular weight is 374 g/mol. The van der Waals surface area contributed by atoms with Crippen molar-refractivity contribution >= 4 is 22.0 Å². The van der Waals surface area contributed by atoms with E-state index in [2.05, 4.69) is 15.9 Å². The summed E-state index contributed by atoms with van der Waals surface area (Å²) in [6, 6.07) is 4.82. The van der Waals surface area contributed by atoms with Crippen LogP contribution < -0.4 is 0 Å². The highest BCUT2D eigenvalue weighted by Crippen LogP contribution is 2.32. The summed E-state index contributed by atoms with van der Waals surface area (Å²) >= 11 is 3.22. The fourth-order valence-electron chi connectivity index (χ4n) is 2.59. The van der Waals surface area contributed by atoms with Crippen molar-refractivity contribution in [1.82, 2.24) is 4.90 Å². The van der Waals surface area contributed by atoms with Gasteiger partial charge in [0.05, 0.1) is 12.6 Å². The largest absolute Gasteiger partial charge is 0.444 e. The van der Waals surface area contributed by atoms with E-state index in [9.17, 15) is 14.3 Å². The number of aliphatic hydroxyl groups is 1.